The lowest BCUT2D eigenvalue weighted by molar-refractivity contribution is 0.373. The first-order valence-corrected chi connectivity index (χ1v) is 13.0. The number of ether oxygens (including phenoxy) is 2. The molecule has 0 saturated carbocycles. The molecular weight excluding hydrogens is 508 g/mol. The lowest BCUT2D eigenvalue weighted by Gasteiger charge is -2.31. The SMILES string of the molecule is COc1cccc(C2C3=C(N=c4s/c(=C/c5cc(Cl)c(O)c(OC)c5)c(=O)n42)c2ccccc2CC3)c1. The zero-order chi connectivity index (χ0) is 25.7. The Hall–Kier alpha value is -3.81. The van der Waals surface area contributed by atoms with Gasteiger partial charge >= 0.3 is 0 Å². The molecule has 1 unspecified atom stereocenters. The highest BCUT2D eigenvalue weighted by Gasteiger charge is 2.32. The van der Waals surface area contributed by atoms with E-state index in [2.05, 4.69) is 18.2 Å². The summed E-state index contributed by atoms with van der Waals surface area (Å²) >= 11 is 7.54. The number of benzene rings is 3. The van der Waals surface area contributed by atoms with Crippen molar-refractivity contribution in [1.29, 1.82) is 0 Å². The molecule has 1 aromatic heterocycles. The van der Waals surface area contributed by atoms with Gasteiger partial charge in [-0.3, -0.25) is 9.36 Å². The Labute approximate surface area is 222 Å². The molecule has 4 aromatic rings. The fourth-order valence-electron chi connectivity index (χ4n) is 5.12. The normalized spacial score (nSPS) is 16.5. The summed E-state index contributed by atoms with van der Waals surface area (Å²) in [6.45, 7) is 0. The number of aromatic hydroxyl groups is 1. The van der Waals surface area contributed by atoms with Crippen molar-refractivity contribution in [2.45, 2.75) is 18.9 Å². The monoisotopic (exact) mass is 530 g/mol. The first kappa shape index (κ1) is 23.6. The first-order chi connectivity index (χ1) is 18.0. The molecule has 1 aliphatic heterocycles. The predicted octanol–water partition coefficient (Wildman–Crippen LogP) is 4.69. The second-order valence-electron chi connectivity index (χ2n) is 8.94. The largest absolute Gasteiger partial charge is 0.503 e. The van der Waals surface area contributed by atoms with E-state index in [4.69, 9.17) is 26.1 Å². The minimum atomic E-state index is -0.296. The van der Waals surface area contributed by atoms with Gasteiger partial charge in [0.2, 0.25) is 0 Å². The van der Waals surface area contributed by atoms with Gasteiger partial charge in [-0.2, -0.15) is 0 Å². The minimum absolute atomic E-state index is 0.132. The molecule has 0 bridgehead atoms. The number of methoxy groups -OCH3 is 2. The summed E-state index contributed by atoms with van der Waals surface area (Å²) in [6.07, 6.45) is 3.46. The van der Waals surface area contributed by atoms with Crippen molar-refractivity contribution < 1.29 is 14.6 Å². The Morgan fingerprint density at radius 3 is 2.73 bits per heavy atom. The molecule has 3 aromatic carbocycles. The van der Waals surface area contributed by atoms with Gasteiger partial charge in [-0.25, -0.2) is 4.99 Å². The predicted molar refractivity (Wildman–Crippen MR) is 145 cm³/mol. The van der Waals surface area contributed by atoms with Crippen molar-refractivity contribution in [3.05, 3.63) is 113 Å². The van der Waals surface area contributed by atoms with Gasteiger partial charge in [0.15, 0.2) is 16.3 Å². The maximum absolute atomic E-state index is 13.9. The molecule has 0 fully saturated rings. The van der Waals surface area contributed by atoms with Gasteiger partial charge in [-0.15, -0.1) is 0 Å². The average Bonchev–Trinajstić information content (AvgIpc) is 3.23. The van der Waals surface area contributed by atoms with Gasteiger partial charge in [0.25, 0.3) is 5.56 Å². The van der Waals surface area contributed by atoms with Crippen LogP contribution in [-0.2, 0) is 6.42 Å². The Balaban J connectivity index is 1.61. The summed E-state index contributed by atoms with van der Waals surface area (Å²) in [7, 11) is 3.10. The van der Waals surface area contributed by atoms with Gasteiger partial charge in [-0.1, -0.05) is 59.3 Å². The van der Waals surface area contributed by atoms with E-state index in [0.717, 1.165) is 41.0 Å². The summed E-state index contributed by atoms with van der Waals surface area (Å²) in [5.74, 6) is 0.848. The smallest absolute Gasteiger partial charge is 0.271 e. The molecule has 1 aliphatic carbocycles. The number of nitrogens with zero attached hydrogens (tertiary/aromatic N) is 2. The minimum Gasteiger partial charge on any atom is -0.503 e. The van der Waals surface area contributed by atoms with Crippen LogP contribution in [0.1, 0.15) is 34.7 Å². The summed E-state index contributed by atoms with van der Waals surface area (Å²) in [5.41, 5.74) is 5.94. The molecule has 0 spiro atoms. The number of hydrogen-bond acceptors (Lipinski definition) is 6. The number of aromatic nitrogens is 1. The number of thiazole rings is 1. The highest BCUT2D eigenvalue weighted by molar-refractivity contribution is 7.07. The molecule has 1 atom stereocenters. The summed E-state index contributed by atoms with van der Waals surface area (Å²) in [5, 5.41) is 10.3. The quantitative estimate of drug-likeness (QED) is 0.415. The molecule has 0 radical (unpaired) electrons. The molecule has 2 heterocycles. The fourth-order valence-corrected chi connectivity index (χ4v) is 6.34. The van der Waals surface area contributed by atoms with Crippen LogP contribution < -0.4 is 24.4 Å². The second kappa shape index (κ2) is 9.25. The molecule has 8 heteroatoms. The van der Waals surface area contributed by atoms with E-state index in [1.165, 1.54) is 24.0 Å². The molecule has 0 amide bonds. The van der Waals surface area contributed by atoms with E-state index in [1.807, 2.05) is 30.3 Å². The van der Waals surface area contributed by atoms with Crippen LogP contribution in [0.4, 0.5) is 0 Å². The van der Waals surface area contributed by atoms with E-state index in [0.29, 0.717) is 14.9 Å². The number of fused-ring (bicyclic) bond motifs is 3. The molecule has 0 saturated heterocycles. The maximum atomic E-state index is 13.9. The summed E-state index contributed by atoms with van der Waals surface area (Å²) < 4.78 is 13.1. The zero-order valence-electron chi connectivity index (χ0n) is 20.2. The maximum Gasteiger partial charge on any atom is 0.271 e. The summed E-state index contributed by atoms with van der Waals surface area (Å²) in [4.78, 5) is 19.6. The second-order valence-corrected chi connectivity index (χ2v) is 10.4. The number of rotatable bonds is 4. The molecule has 186 valence electrons. The van der Waals surface area contributed by atoms with Gasteiger partial charge in [-0.05, 0) is 65.4 Å². The van der Waals surface area contributed by atoms with Crippen LogP contribution in [0.3, 0.4) is 0 Å². The van der Waals surface area contributed by atoms with Crippen LogP contribution >= 0.6 is 22.9 Å². The molecule has 6 rings (SSSR count). The topological polar surface area (TPSA) is 73.1 Å². The van der Waals surface area contributed by atoms with Gasteiger partial charge in [0.05, 0.1) is 35.5 Å². The number of halogens is 1. The third-order valence-electron chi connectivity index (χ3n) is 6.85. The van der Waals surface area contributed by atoms with Crippen LogP contribution in [0, 0.1) is 0 Å². The highest BCUT2D eigenvalue weighted by Crippen LogP contribution is 2.41. The fraction of sp³-hybridized carbons (Fsp3) is 0.172. The van der Waals surface area contributed by atoms with E-state index < -0.39 is 0 Å². The van der Waals surface area contributed by atoms with Crippen molar-refractivity contribution in [2.24, 2.45) is 4.99 Å². The van der Waals surface area contributed by atoms with Gasteiger partial charge in [0, 0.05) is 5.56 Å². The molecule has 37 heavy (non-hydrogen) atoms. The van der Waals surface area contributed by atoms with E-state index in [-0.39, 0.29) is 28.1 Å². The van der Waals surface area contributed by atoms with Crippen molar-refractivity contribution in [2.75, 3.05) is 14.2 Å². The number of aryl methyl sites for hydroxylation is 1. The number of phenols is 1. The van der Waals surface area contributed by atoms with Crippen LogP contribution in [-0.4, -0.2) is 23.9 Å². The number of hydrogen-bond donors (Lipinski definition) is 1. The van der Waals surface area contributed by atoms with Crippen molar-refractivity contribution in [3.63, 3.8) is 0 Å². The number of allylic oxidation sites excluding steroid dienone is 1. The van der Waals surface area contributed by atoms with E-state index >= 15 is 0 Å². The Kier molecular flexibility index (Phi) is 5.89. The number of phenolic OH excluding ortho intramolecular Hbond substituents is 1. The molecule has 6 nitrogen and oxygen atoms in total. The summed E-state index contributed by atoms with van der Waals surface area (Å²) in [6, 6.07) is 19.2. The molecule has 2 aliphatic rings. The Bertz CT molecular complexity index is 1770. The van der Waals surface area contributed by atoms with Gasteiger partial charge < -0.3 is 14.6 Å². The average molecular weight is 531 g/mol. The van der Waals surface area contributed by atoms with Crippen LogP contribution in [0.2, 0.25) is 5.02 Å². The lowest BCUT2D eigenvalue weighted by atomic mass is 9.83. The zero-order valence-corrected chi connectivity index (χ0v) is 21.8. The highest BCUT2D eigenvalue weighted by atomic mass is 35.5. The van der Waals surface area contributed by atoms with Crippen LogP contribution in [0.25, 0.3) is 11.8 Å². The van der Waals surface area contributed by atoms with E-state index in [1.54, 1.807) is 29.9 Å². The lowest BCUT2D eigenvalue weighted by Crippen LogP contribution is -2.38. The Morgan fingerprint density at radius 1 is 1.08 bits per heavy atom. The first-order valence-electron chi connectivity index (χ1n) is 11.8. The van der Waals surface area contributed by atoms with Crippen LogP contribution in [0.15, 0.2) is 76.0 Å². The molecular formula is C29H23ClN2O4S. The Morgan fingerprint density at radius 2 is 1.92 bits per heavy atom. The van der Waals surface area contributed by atoms with E-state index in [9.17, 15) is 9.90 Å². The van der Waals surface area contributed by atoms with Crippen LogP contribution in [0.5, 0.6) is 17.2 Å². The standard InChI is InChI=1S/C29H23ClN2O4S/c1-35-19-8-5-7-18(15-19)26-21-11-10-17-6-3-4-9-20(17)25(21)31-29-32(26)28(34)24(37-29)14-16-12-22(30)27(33)23(13-16)36-2/h3-9,12-15,26,33H,10-11H2,1-2H3/b24-14+. The van der Waals surface area contributed by atoms with Crippen molar-refractivity contribution in [1.82, 2.24) is 4.57 Å². The third kappa shape index (κ3) is 3.95. The van der Waals surface area contributed by atoms with Gasteiger partial charge in [0.1, 0.15) is 5.75 Å². The molecule has 1 N–H and O–H groups in total. The van der Waals surface area contributed by atoms with Crippen molar-refractivity contribution in [3.8, 4) is 17.2 Å². The van der Waals surface area contributed by atoms with Crippen molar-refractivity contribution >= 4 is 34.7 Å². The third-order valence-corrected chi connectivity index (χ3v) is 8.12.